The molecule has 0 spiro atoms. The van der Waals surface area contributed by atoms with E-state index in [9.17, 15) is 0 Å². The fourth-order valence-corrected chi connectivity index (χ4v) is 2.76. The molecule has 2 aromatic carbocycles. The molecule has 1 heterocycles. The van der Waals surface area contributed by atoms with Gasteiger partial charge in [-0.2, -0.15) is 0 Å². The summed E-state index contributed by atoms with van der Waals surface area (Å²) in [5, 5.41) is 3.14. The van der Waals surface area contributed by atoms with Gasteiger partial charge in [0.25, 0.3) is 0 Å². The van der Waals surface area contributed by atoms with Crippen LogP contribution in [0.4, 0.5) is 5.69 Å². The number of benzene rings is 2. The first kappa shape index (κ1) is 16.1. The molecule has 3 rings (SSSR count). The van der Waals surface area contributed by atoms with Gasteiger partial charge in [-0.25, -0.2) is 4.98 Å². The number of fused-ring (bicyclic) bond motifs is 1. The van der Waals surface area contributed by atoms with Crippen molar-refractivity contribution in [2.75, 3.05) is 11.9 Å². The van der Waals surface area contributed by atoms with E-state index >= 15 is 0 Å². The van der Waals surface area contributed by atoms with Gasteiger partial charge in [0.2, 0.25) is 0 Å². The molecule has 0 saturated carbocycles. The average Bonchev–Trinajstić information content (AvgIpc) is 2.87. The molecule has 0 radical (unpaired) electrons. The summed E-state index contributed by atoms with van der Waals surface area (Å²) in [7, 11) is 0. The summed E-state index contributed by atoms with van der Waals surface area (Å²) in [6.07, 6.45) is 0. The number of para-hydroxylation sites is 2. The highest BCUT2D eigenvalue weighted by molar-refractivity contribution is 5.92. The zero-order chi connectivity index (χ0) is 17.1. The van der Waals surface area contributed by atoms with Crippen molar-refractivity contribution in [1.82, 2.24) is 9.55 Å². The fourth-order valence-electron chi connectivity index (χ4n) is 2.76. The van der Waals surface area contributed by atoms with Gasteiger partial charge in [0.1, 0.15) is 5.82 Å². The van der Waals surface area contributed by atoms with Crippen LogP contribution in [0.1, 0.15) is 17.0 Å². The Labute approximate surface area is 142 Å². The van der Waals surface area contributed by atoms with Crippen LogP contribution in [0.25, 0.3) is 11.0 Å². The number of aryl methyl sites for hydroxylation is 3. The van der Waals surface area contributed by atoms with E-state index < -0.39 is 0 Å². The molecule has 3 N–H and O–H groups in total. The minimum Gasteiger partial charge on any atom is -0.370 e. The number of nitrogens with zero attached hydrogens (tertiary/aromatic N) is 3. The zero-order valence-corrected chi connectivity index (χ0v) is 14.4. The third-order valence-corrected chi connectivity index (χ3v) is 4.23. The molecule has 3 aromatic rings. The molecule has 0 bridgehead atoms. The highest BCUT2D eigenvalue weighted by atomic mass is 15.1. The van der Waals surface area contributed by atoms with E-state index in [0.29, 0.717) is 12.5 Å². The number of aromatic nitrogens is 2. The summed E-state index contributed by atoms with van der Waals surface area (Å²) in [6.45, 7) is 7.54. The van der Waals surface area contributed by atoms with Crippen LogP contribution in [0, 0.1) is 20.8 Å². The van der Waals surface area contributed by atoms with Crippen LogP contribution in [0.2, 0.25) is 0 Å². The SMILES string of the molecule is Cc1ccc(NC(N)=NCCn2c(C)nc3ccccc32)cc1C. The van der Waals surface area contributed by atoms with Gasteiger partial charge in [0.15, 0.2) is 5.96 Å². The van der Waals surface area contributed by atoms with Crippen LogP contribution < -0.4 is 11.1 Å². The Kier molecular flexibility index (Phi) is 4.51. The summed E-state index contributed by atoms with van der Waals surface area (Å²) in [4.78, 5) is 8.99. The highest BCUT2D eigenvalue weighted by Gasteiger charge is 2.05. The maximum Gasteiger partial charge on any atom is 0.193 e. The van der Waals surface area contributed by atoms with Gasteiger partial charge < -0.3 is 15.6 Å². The zero-order valence-electron chi connectivity index (χ0n) is 14.4. The minimum absolute atomic E-state index is 0.431. The Bertz CT molecular complexity index is 892. The van der Waals surface area contributed by atoms with Crippen molar-refractivity contribution in [2.24, 2.45) is 10.7 Å². The largest absolute Gasteiger partial charge is 0.370 e. The highest BCUT2D eigenvalue weighted by Crippen LogP contribution is 2.15. The van der Waals surface area contributed by atoms with E-state index in [1.807, 2.05) is 31.2 Å². The summed E-state index contributed by atoms with van der Waals surface area (Å²) >= 11 is 0. The molecule has 0 aliphatic carbocycles. The second kappa shape index (κ2) is 6.74. The molecule has 0 saturated heterocycles. The lowest BCUT2D eigenvalue weighted by Gasteiger charge is -2.09. The lowest BCUT2D eigenvalue weighted by Crippen LogP contribution is -2.23. The quantitative estimate of drug-likeness (QED) is 0.572. The summed E-state index contributed by atoms with van der Waals surface area (Å²) < 4.78 is 2.17. The number of rotatable bonds is 4. The number of hydrogen-bond donors (Lipinski definition) is 2. The van der Waals surface area contributed by atoms with E-state index in [4.69, 9.17) is 5.73 Å². The van der Waals surface area contributed by atoms with Crippen molar-refractivity contribution in [1.29, 1.82) is 0 Å². The molecule has 5 nitrogen and oxygen atoms in total. The smallest absolute Gasteiger partial charge is 0.193 e. The molecule has 0 aliphatic rings. The molecular weight excluding hydrogens is 298 g/mol. The molecule has 0 atom stereocenters. The number of hydrogen-bond acceptors (Lipinski definition) is 2. The van der Waals surface area contributed by atoms with Crippen LogP contribution in [-0.4, -0.2) is 22.1 Å². The van der Waals surface area contributed by atoms with Crippen LogP contribution in [0.3, 0.4) is 0 Å². The fraction of sp³-hybridized carbons (Fsp3) is 0.263. The normalized spacial score (nSPS) is 11.9. The predicted octanol–water partition coefficient (Wildman–Crippen LogP) is 3.39. The Balaban J connectivity index is 1.66. The monoisotopic (exact) mass is 321 g/mol. The van der Waals surface area contributed by atoms with Gasteiger partial charge >= 0.3 is 0 Å². The Morgan fingerprint density at radius 3 is 2.71 bits per heavy atom. The Hall–Kier alpha value is -2.82. The maximum absolute atomic E-state index is 6.00. The van der Waals surface area contributed by atoms with Crippen LogP contribution in [0.15, 0.2) is 47.5 Å². The van der Waals surface area contributed by atoms with Gasteiger partial charge in [-0.3, -0.25) is 4.99 Å². The third-order valence-electron chi connectivity index (χ3n) is 4.23. The standard InChI is InChI=1S/C19H23N5/c1-13-8-9-16(12-14(13)2)23-19(20)21-10-11-24-15(3)22-17-6-4-5-7-18(17)24/h4-9,12H,10-11H2,1-3H3,(H3,20,21,23). The molecule has 24 heavy (non-hydrogen) atoms. The molecule has 0 amide bonds. The number of imidazole rings is 1. The second-order valence-electron chi connectivity index (χ2n) is 5.99. The lowest BCUT2D eigenvalue weighted by atomic mass is 10.1. The number of nitrogens with two attached hydrogens (primary N) is 1. The summed E-state index contributed by atoms with van der Waals surface area (Å²) in [6, 6.07) is 14.3. The maximum atomic E-state index is 6.00. The van der Waals surface area contributed by atoms with Crippen LogP contribution in [-0.2, 0) is 6.54 Å². The van der Waals surface area contributed by atoms with Crippen molar-refractivity contribution in [3.63, 3.8) is 0 Å². The number of nitrogens with one attached hydrogen (secondary N) is 1. The first-order valence-corrected chi connectivity index (χ1v) is 8.10. The van der Waals surface area contributed by atoms with Crippen LogP contribution in [0.5, 0.6) is 0 Å². The first-order chi connectivity index (χ1) is 11.5. The predicted molar refractivity (Wildman–Crippen MR) is 100 cm³/mol. The topological polar surface area (TPSA) is 68.2 Å². The summed E-state index contributed by atoms with van der Waals surface area (Å²) in [5.74, 6) is 1.42. The Morgan fingerprint density at radius 2 is 1.92 bits per heavy atom. The van der Waals surface area contributed by atoms with E-state index in [-0.39, 0.29) is 0 Å². The van der Waals surface area contributed by atoms with Crippen molar-refractivity contribution in [3.8, 4) is 0 Å². The van der Waals surface area contributed by atoms with E-state index in [0.717, 1.165) is 29.1 Å². The Morgan fingerprint density at radius 1 is 1.12 bits per heavy atom. The van der Waals surface area contributed by atoms with Gasteiger partial charge in [-0.15, -0.1) is 0 Å². The third kappa shape index (κ3) is 3.40. The number of anilines is 1. The van der Waals surface area contributed by atoms with E-state index in [1.165, 1.54) is 11.1 Å². The van der Waals surface area contributed by atoms with Gasteiger partial charge in [-0.1, -0.05) is 18.2 Å². The molecule has 5 heteroatoms. The lowest BCUT2D eigenvalue weighted by molar-refractivity contribution is 0.704. The molecule has 124 valence electrons. The van der Waals surface area contributed by atoms with Gasteiger partial charge in [0.05, 0.1) is 17.6 Å². The summed E-state index contributed by atoms with van der Waals surface area (Å²) in [5.41, 5.74) is 11.6. The second-order valence-corrected chi connectivity index (χ2v) is 5.99. The van der Waals surface area contributed by atoms with Crippen molar-refractivity contribution in [3.05, 3.63) is 59.4 Å². The van der Waals surface area contributed by atoms with E-state index in [2.05, 4.69) is 51.9 Å². The van der Waals surface area contributed by atoms with Crippen molar-refractivity contribution >= 4 is 22.7 Å². The minimum atomic E-state index is 0.431. The first-order valence-electron chi connectivity index (χ1n) is 8.10. The molecular formula is C19H23N5. The average molecular weight is 321 g/mol. The molecule has 0 aliphatic heterocycles. The van der Waals surface area contributed by atoms with Crippen LogP contribution >= 0.6 is 0 Å². The van der Waals surface area contributed by atoms with E-state index in [1.54, 1.807) is 0 Å². The molecule has 0 fully saturated rings. The van der Waals surface area contributed by atoms with Gasteiger partial charge in [-0.05, 0) is 56.2 Å². The number of aliphatic imine (C=N–C) groups is 1. The molecule has 1 aromatic heterocycles. The van der Waals surface area contributed by atoms with Crippen molar-refractivity contribution in [2.45, 2.75) is 27.3 Å². The van der Waals surface area contributed by atoms with Crippen molar-refractivity contribution < 1.29 is 0 Å². The van der Waals surface area contributed by atoms with Gasteiger partial charge in [0, 0.05) is 12.2 Å². The number of guanidine groups is 1. The molecule has 0 unspecified atom stereocenters.